The molecule has 0 saturated carbocycles. The lowest BCUT2D eigenvalue weighted by Crippen LogP contribution is -2.16. The van der Waals surface area contributed by atoms with Gasteiger partial charge in [-0.05, 0) is 56.3 Å². The van der Waals surface area contributed by atoms with Gasteiger partial charge in [0.05, 0.1) is 24.1 Å². The van der Waals surface area contributed by atoms with Gasteiger partial charge in [0.1, 0.15) is 5.75 Å². The van der Waals surface area contributed by atoms with Crippen LogP contribution in [0.3, 0.4) is 0 Å². The van der Waals surface area contributed by atoms with E-state index in [1.807, 2.05) is 31.2 Å². The molecule has 1 fully saturated rings. The Morgan fingerprint density at radius 3 is 2.97 bits per heavy atom. The predicted octanol–water partition coefficient (Wildman–Crippen LogP) is 5.08. The van der Waals surface area contributed by atoms with Crippen LogP contribution in [0.2, 0.25) is 0 Å². The van der Waals surface area contributed by atoms with Crippen molar-refractivity contribution in [3.05, 3.63) is 46.8 Å². The van der Waals surface area contributed by atoms with E-state index < -0.39 is 0 Å². The third kappa shape index (κ3) is 4.77. The molecule has 8 heteroatoms. The number of hydrogen-bond acceptors (Lipinski definition) is 7. The second-order valence-corrected chi connectivity index (χ2v) is 9.02. The molecule has 0 bridgehead atoms. The third-order valence-corrected chi connectivity index (χ3v) is 6.87. The van der Waals surface area contributed by atoms with Gasteiger partial charge in [-0.25, -0.2) is 0 Å². The second kappa shape index (κ2) is 9.76. The van der Waals surface area contributed by atoms with E-state index in [9.17, 15) is 4.79 Å². The lowest BCUT2D eigenvalue weighted by Gasteiger charge is -2.15. The quantitative estimate of drug-likeness (QED) is 0.339. The van der Waals surface area contributed by atoms with Gasteiger partial charge in [-0.3, -0.25) is 9.36 Å². The summed E-state index contributed by atoms with van der Waals surface area (Å²) in [5, 5.41) is 11.9. The first-order valence-corrected chi connectivity index (χ1v) is 12.0. The molecule has 6 nitrogen and oxygen atoms in total. The van der Waals surface area contributed by atoms with Crippen LogP contribution >= 0.6 is 23.1 Å². The molecular weight excluding hydrogens is 418 g/mol. The average molecular weight is 444 g/mol. The Bertz CT molecular complexity index is 995. The van der Waals surface area contributed by atoms with E-state index in [-0.39, 0.29) is 11.9 Å². The number of nitrogens with zero attached hydrogens (tertiary/aromatic N) is 3. The van der Waals surface area contributed by atoms with Gasteiger partial charge in [-0.1, -0.05) is 17.8 Å². The van der Waals surface area contributed by atoms with Crippen molar-refractivity contribution in [3.8, 4) is 16.5 Å². The third-order valence-electron chi connectivity index (χ3n) is 4.99. The van der Waals surface area contributed by atoms with Crippen molar-refractivity contribution in [2.24, 2.45) is 0 Å². The fourth-order valence-corrected chi connectivity index (χ4v) is 5.13. The average Bonchev–Trinajstić information content (AvgIpc) is 3.50. The van der Waals surface area contributed by atoms with Crippen LogP contribution in [0.1, 0.15) is 42.6 Å². The zero-order valence-electron chi connectivity index (χ0n) is 17.2. The molecule has 2 aromatic heterocycles. The minimum Gasteiger partial charge on any atom is -0.494 e. The van der Waals surface area contributed by atoms with E-state index >= 15 is 0 Å². The van der Waals surface area contributed by atoms with E-state index in [4.69, 9.17) is 9.47 Å². The van der Waals surface area contributed by atoms with E-state index in [0.717, 1.165) is 53.2 Å². The standard InChI is InChI=1S/C22H25N3O3S2/c1-3-27-19-9-8-16(15(2)26)12-17(19)14-30-22-24-23-21(20-7-5-11-29-20)25(22)13-18-6-4-10-28-18/h5,7-9,11-12,18H,3-4,6,10,13-14H2,1-2H3/t18-/m1/s1. The van der Waals surface area contributed by atoms with Crippen LogP contribution in [0.25, 0.3) is 10.7 Å². The molecular formula is C22H25N3O3S2. The predicted molar refractivity (Wildman–Crippen MR) is 119 cm³/mol. The molecule has 0 radical (unpaired) electrons. The Labute approximate surface area is 184 Å². The molecule has 1 aromatic carbocycles. The maximum absolute atomic E-state index is 11.8. The Balaban J connectivity index is 1.60. The number of carbonyl (C=O) groups is 1. The Kier molecular flexibility index (Phi) is 6.86. The van der Waals surface area contributed by atoms with Crippen molar-refractivity contribution in [3.63, 3.8) is 0 Å². The number of Topliss-reactive ketones (excluding diaryl/α,β-unsaturated/α-hetero) is 1. The van der Waals surface area contributed by atoms with Gasteiger partial charge in [0.15, 0.2) is 16.8 Å². The van der Waals surface area contributed by atoms with Crippen LogP contribution in [0.5, 0.6) is 5.75 Å². The summed E-state index contributed by atoms with van der Waals surface area (Å²) in [5.41, 5.74) is 1.67. The molecule has 0 amide bonds. The van der Waals surface area contributed by atoms with E-state index in [1.165, 1.54) is 0 Å². The molecule has 0 N–H and O–H groups in total. The maximum Gasteiger partial charge on any atom is 0.191 e. The Morgan fingerprint density at radius 1 is 1.37 bits per heavy atom. The summed E-state index contributed by atoms with van der Waals surface area (Å²) < 4.78 is 13.8. The molecule has 4 rings (SSSR count). The summed E-state index contributed by atoms with van der Waals surface area (Å²) in [5.74, 6) is 2.37. The topological polar surface area (TPSA) is 66.2 Å². The molecule has 158 valence electrons. The molecule has 0 unspecified atom stereocenters. The Morgan fingerprint density at radius 2 is 2.27 bits per heavy atom. The van der Waals surface area contributed by atoms with Crippen LogP contribution in [0.4, 0.5) is 0 Å². The summed E-state index contributed by atoms with van der Waals surface area (Å²) in [7, 11) is 0. The van der Waals surface area contributed by atoms with E-state index in [1.54, 1.807) is 30.0 Å². The van der Waals surface area contributed by atoms with Gasteiger partial charge in [-0.2, -0.15) is 0 Å². The molecule has 0 aliphatic carbocycles. The van der Waals surface area contributed by atoms with Crippen LogP contribution < -0.4 is 4.74 Å². The number of thiophene rings is 1. The van der Waals surface area contributed by atoms with Gasteiger partial charge < -0.3 is 9.47 Å². The molecule has 0 spiro atoms. The maximum atomic E-state index is 11.8. The number of thioether (sulfide) groups is 1. The summed E-state index contributed by atoms with van der Waals surface area (Å²) in [6, 6.07) is 9.71. The van der Waals surface area contributed by atoms with E-state index in [2.05, 4.69) is 26.2 Å². The van der Waals surface area contributed by atoms with Crippen molar-refractivity contribution in [1.29, 1.82) is 0 Å². The molecule has 3 heterocycles. The highest BCUT2D eigenvalue weighted by atomic mass is 32.2. The van der Waals surface area contributed by atoms with Crippen LogP contribution in [0.15, 0.2) is 40.9 Å². The smallest absolute Gasteiger partial charge is 0.191 e. The molecule has 30 heavy (non-hydrogen) atoms. The molecule has 1 saturated heterocycles. The summed E-state index contributed by atoms with van der Waals surface area (Å²) >= 11 is 3.27. The molecule has 3 aromatic rings. The highest BCUT2D eigenvalue weighted by Gasteiger charge is 2.22. The second-order valence-electron chi connectivity index (χ2n) is 7.13. The number of ether oxygens (including phenoxy) is 2. The van der Waals surface area contributed by atoms with Gasteiger partial charge in [0.2, 0.25) is 0 Å². The highest BCUT2D eigenvalue weighted by molar-refractivity contribution is 7.98. The van der Waals surface area contributed by atoms with Crippen molar-refractivity contribution < 1.29 is 14.3 Å². The van der Waals surface area contributed by atoms with Gasteiger partial charge in [0, 0.05) is 23.5 Å². The number of aromatic nitrogens is 3. The van der Waals surface area contributed by atoms with E-state index in [0.29, 0.717) is 17.9 Å². The molecule has 1 atom stereocenters. The minimum atomic E-state index is 0.0471. The normalized spacial score (nSPS) is 16.1. The monoisotopic (exact) mass is 443 g/mol. The van der Waals surface area contributed by atoms with Crippen LogP contribution in [-0.2, 0) is 17.0 Å². The molecule has 1 aliphatic heterocycles. The highest BCUT2D eigenvalue weighted by Crippen LogP contribution is 2.32. The Hall–Kier alpha value is -2.16. The van der Waals surface area contributed by atoms with Crippen molar-refractivity contribution in [2.75, 3.05) is 13.2 Å². The van der Waals surface area contributed by atoms with Crippen LogP contribution in [0, 0.1) is 0 Å². The number of carbonyl (C=O) groups excluding carboxylic acids is 1. The first-order chi connectivity index (χ1) is 14.7. The van der Waals surface area contributed by atoms with Crippen molar-refractivity contribution >= 4 is 28.9 Å². The van der Waals surface area contributed by atoms with Gasteiger partial charge in [-0.15, -0.1) is 21.5 Å². The van der Waals surface area contributed by atoms with Gasteiger partial charge >= 0.3 is 0 Å². The summed E-state index contributed by atoms with van der Waals surface area (Å²) in [6.45, 7) is 5.68. The molecule has 1 aliphatic rings. The van der Waals surface area contributed by atoms with Gasteiger partial charge in [0.25, 0.3) is 0 Å². The summed E-state index contributed by atoms with van der Waals surface area (Å²) in [4.78, 5) is 12.9. The first-order valence-electron chi connectivity index (χ1n) is 10.1. The number of hydrogen-bond donors (Lipinski definition) is 0. The number of rotatable bonds is 9. The summed E-state index contributed by atoms with van der Waals surface area (Å²) in [6.07, 6.45) is 2.35. The zero-order chi connectivity index (χ0) is 20.9. The SMILES string of the molecule is CCOc1ccc(C(C)=O)cc1CSc1nnc(-c2cccs2)n1C[C@H]1CCCO1. The number of benzene rings is 1. The lowest BCUT2D eigenvalue weighted by atomic mass is 10.1. The van der Waals surface area contributed by atoms with Crippen LogP contribution in [-0.4, -0.2) is 39.9 Å². The largest absolute Gasteiger partial charge is 0.494 e. The lowest BCUT2D eigenvalue weighted by molar-refractivity contribution is 0.0953. The van der Waals surface area contributed by atoms with Crippen molar-refractivity contribution in [2.45, 2.75) is 50.2 Å². The number of ketones is 1. The zero-order valence-corrected chi connectivity index (χ0v) is 18.8. The fourth-order valence-electron chi connectivity index (χ4n) is 3.49. The fraction of sp³-hybridized carbons (Fsp3) is 0.409. The minimum absolute atomic E-state index is 0.0471. The first kappa shape index (κ1) is 21.1. The van der Waals surface area contributed by atoms with Crippen molar-refractivity contribution in [1.82, 2.24) is 14.8 Å².